The first-order valence-electron chi connectivity index (χ1n) is 5.19. The standard InChI is InChI=1S/C10H21NO4/c1-9(2)8-15-10(14)7-11(3-5-12)4-6-13/h9,12-13H,3-8H2,1-2H3. The van der Waals surface area contributed by atoms with E-state index in [0.29, 0.717) is 25.6 Å². The lowest BCUT2D eigenvalue weighted by molar-refractivity contribution is -0.146. The summed E-state index contributed by atoms with van der Waals surface area (Å²) in [7, 11) is 0. The number of ether oxygens (including phenoxy) is 1. The highest BCUT2D eigenvalue weighted by Gasteiger charge is 2.11. The summed E-state index contributed by atoms with van der Waals surface area (Å²) >= 11 is 0. The van der Waals surface area contributed by atoms with Gasteiger partial charge in [-0.3, -0.25) is 9.69 Å². The van der Waals surface area contributed by atoms with Crippen LogP contribution in [0.3, 0.4) is 0 Å². The first-order valence-corrected chi connectivity index (χ1v) is 5.19. The molecule has 0 aliphatic carbocycles. The third kappa shape index (κ3) is 8.35. The maximum atomic E-state index is 11.3. The van der Waals surface area contributed by atoms with Crippen LogP contribution in [0.2, 0.25) is 0 Å². The molecule has 0 radical (unpaired) electrons. The van der Waals surface area contributed by atoms with Gasteiger partial charge in [0.2, 0.25) is 0 Å². The second kappa shape index (κ2) is 8.64. The molecule has 5 nitrogen and oxygen atoms in total. The van der Waals surface area contributed by atoms with Gasteiger partial charge in [-0.05, 0) is 5.92 Å². The molecule has 5 heteroatoms. The molecule has 15 heavy (non-hydrogen) atoms. The van der Waals surface area contributed by atoms with Gasteiger partial charge in [0.15, 0.2) is 0 Å². The lowest BCUT2D eigenvalue weighted by Gasteiger charge is -2.19. The number of aliphatic hydroxyl groups excluding tert-OH is 2. The number of hydrogen-bond acceptors (Lipinski definition) is 5. The van der Waals surface area contributed by atoms with Crippen molar-refractivity contribution in [2.24, 2.45) is 5.92 Å². The molecule has 0 aliphatic rings. The average molecular weight is 219 g/mol. The SMILES string of the molecule is CC(C)COC(=O)CN(CCO)CCO. The Bertz CT molecular complexity index is 167. The molecule has 0 heterocycles. The Morgan fingerprint density at radius 3 is 2.20 bits per heavy atom. The fourth-order valence-corrected chi connectivity index (χ4v) is 1.04. The Hall–Kier alpha value is -0.650. The third-order valence-electron chi connectivity index (χ3n) is 1.76. The van der Waals surface area contributed by atoms with Crippen LogP contribution < -0.4 is 0 Å². The molecule has 0 aliphatic heterocycles. The van der Waals surface area contributed by atoms with Crippen molar-refractivity contribution in [3.63, 3.8) is 0 Å². The molecule has 0 fully saturated rings. The van der Waals surface area contributed by atoms with Crippen molar-refractivity contribution in [1.29, 1.82) is 0 Å². The predicted octanol–water partition coefficient (Wildman–Crippen LogP) is -0.528. The largest absolute Gasteiger partial charge is 0.464 e. The van der Waals surface area contributed by atoms with E-state index in [1.165, 1.54) is 0 Å². The van der Waals surface area contributed by atoms with Gasteiger partial charge in [0, 0.05) is 13.1 Å². The van der Waals surface area contributed by atoms with E-state index >= 15 is 0 Å². The summed E-state index contributed by atoms with van der Waals surface area (Å²) in [5, 5.41) is 17.4. The lowest BCUT2D eigenvalue weighted by atomic mass is 10.2. The molecule has 0 aromatic rings. The molecule has 90 valence electrons. The van der Waals surface area contributed by atoms with Gasteiger partial charge < -0.3 is 14.9 Å². The molecule has 0 spiro atoms. The molecule has 0 saturated carbocycles. The summed E-state index contributed by atoms with van der Waals surface area (Å²) in [6, 6.07) is 0. The number of carbonyl (C=O) groups excluding carboxylic acids is 1. The maximum absolute atomic E-state index is 11.3. The molecule has 2 N–H and O–H groups in total. The van der Waals surface area contributed by atoms with Crippen molar-refractivity contribution >= 4 is 5.97 Å². The Morgan fingerprint density at radius 2 is 1.80 bits per heavy atom. The van der Waals surface area contributed by atoms with Crippen molar-refractivity contribution in [2.75, 3.05) is 39.5 Å². The van der Waals surface area contributed by atoms with E-state index in [1.54, 1.807) is 4.90 Å². The van der Waals surface area contributed by atoms with Gasteiger partial charge in [-0.2, -0.15) is 0 Å². The van der Waals surface area contributed by atoms with Crippen LogP contribution >= 0.6 is 0 Å². The molecule has 0 bridgehead atoms. The van der Waals surface area contributed by atoms with E-state index in [2.05, 4.69) is 0 Å². The van der Waals surface area contributed by atoms with Crippen molar-refractivity contribution in [1.82, 2.24) is 4.90 Å². The van der Waals surface area contributed by atoms with E-state index in [1.807, 2.05) is 13.8 Å². The van der Waals surface area contributed by atoms with Crippen LogP contribution in [0.4, 0.5) is 0 Å². The number of nitrogens with zero attached hydrogens (tertiary/aromatic N) is 1. The van der Waals surface area contributed by atoms with Crippen LogP contribution in [0.25, 0.3) is 0 Å². The van der Waals surface area contributed by atoms with E-state index in [-0.39, 0.29) is 25.7 Å². The third-order valence-corrected chi connectivity index (χ3v) is 1.76. The summed E-state index contributed by atoms with van der Waals surface area (Å²) in [6.45, 7) is 5.14. The summed E-state index contributed by atoms with van der Waals surface area (Å²) in [4.78, 5) is 12.9. The van der Waals surface area contributed by atoms with Crippen molar-refractivity contribution in [3.8, 4) is 0 Å². The van der Waals surface area contributed by atoms with Crippen molar-refractivity contribution in [2.45, 2.75) is 13.8 Å². The Kier molecular flexibility index (Phi) is 8.27. The first-order chi connectivity index (χ1) is 7.10. The van der Waals surface area contributed by atoms with E-state index in [0.717, 1.165) is 0 Å². The Labute approximate surface area is 90.6 Å². The maximum Gasteiger partial charge on any atom is 0.320 e. The minimum atomic E-state index is -0.314. The minimum Gasteiger partial charge on any atom is -0.464 e. The molecule has 0 aromatic heterocycles. The zero-order valence-corrected chi connectivity index (χ0v) is 9.48. The summed E-state index contributed by atoms with van der Waals surface area (Å²) < 4.78 is 4.98. The van der Waals surface area contributed by atoms with Gasteiger partial charge in [0.25, 0.3) is 0 Å². The highest BCUT2D eigenvalue weighted by molar-refractivity contribution is 5.71. The quantitative estimate of drug-likeness (QED) is 0.537. The van der Waals surface area contributed by atoms with Gasteiger partial charge in [-0.25, -0.2) is 0 Å². The first kappa shape index (κ1) is 14.3. The van der Waals surface area contributed by atoms with Gasteiger partial charge in [0.05, 0.1) is 26.4 Å². The lowest BCUT2D eigenvalue weighted by Crippen LogP contribution is -2.35. The summed E-state index contributed by atoms with van der Waals surface area (Å²) in [5.74, 6) is 0.00341. The van der Waals surface area contributed by atoms with Crippen molar-refractivity contribution in [3.05, 3.63) is 0 Å². The van der Waals surface area contributed by atoms with Crippen molar-refractivity contribution < 1.29 is 19.7 Å². The highest BCUT2D eigenvalue weighted by atomic mass is 16.5. The van der Waals surface area contributed by atoms with Crippen LogP contribution in [-0.4, -0.2) is 60.5 Å². The Morgan fingerprint density at radius 1 is 1.27 bits per heavy atom. The molecule has 0 saturated heterocycles. The zero-order valence-electron chi connectivity index (χ0n) is 9.48. The number of hydrogen-bond donors (Lipinski definition) is 2. The fraction of sp³-hybridized carbons (Fsp3) is 0.900. The number of rotatable bonds is 8. The molecule has 0 aromatic carbocycles. The van der Waals surface area contributed by atoms with Gasteiger partial charge in [-0.15, -0.1) is 0 Å². The topological polar surface area (TPSA) is 70.0 Å². The highest BCUT2D eigenvalue weighted by Crippen LogP contribution is 1.95. The van der Waals surface area contributed by atoms with Crippen LogP contribution in [0.1, 0.15) is 13.8 Å². The second-order valence-corrected chi connectivity index (χ2v) is 3.80. The van der Waals surface area contributed by atoms with Crippen LogP contribution in [-0.2, 0) is 9.53 Å². The fourth-order valence-electron chi connectivity index (χ4n) is 1.04. The number of carbonyl (C=O) groups is 1. The minimum absolute atomic E-state index is 0.0303. The predicted molar refractivity (Wildman–Crippen MR) is 56.4 cm³/mol. The van der Waals surface area contributed by atoms with Gasteiger partial charge >= 0.3 is 5.97 Å². The smallest absolute Gasteiger partial charge is 0.320 e. The summed E-state index contributed by atoms with van der Waals surface area (Å²) in [6.07, 6.45) is 0. The monoisotopic (exact) mass is 219 g/mol. The normalized spacial score (nSPS) is 11.1. The van der Waals surface area contributed by atoms with E-state index in [9.17, 15) is 4.79 Å². The van der Waals surface area contributed by atoms with E-state index in [4.69, 9.17) is 14.9 Å². The number of esters is 1. The van der Waals surface area contributed by atoms with Crippen LogP contribution in [0.15, 0.2) is 0 Å². The molecule has 0 unspecified atom stereocenters. The molecule has 0 rings (SSSR count). The zero-order chi connectivity index (χ0) is 11.7. The average Bonchev–Trinajstić information content (AvgIpc) is 2.15. The molecule has 0 atom stereocenters. The van der Waals surface area contributed by atoms with E-state index < -0.39 is 0 Å². The van der Waals surface area contributed by atoms with Crippen LogP contribution in [0, 0.1) is 5.92 Å². The van der Waals surface area contributed by atoms with Gasteiger partial charge in [-0.1, -0.05) is 13.8 Å². The van der Waals surface area contributed by atoms with Gasteiger partial charge in [0.1, 0.15) is 0 Å². The molecular formula is C10H21NO4. The van der Waals surface area contributed by atoms with Crippen LogP contribution in [0.5, 0.6) is 0 Å². The second-order valence-electron chi connectivity index (χ2n) is 3.80. The summed E-state index contributed by atoms with van der Waals surface area (Å²) in [5.41, 5.74) is 0. The molecular weight excluding hydrogens is 198 g/mol. The Balaban J connectivity index is 3.77. The number of aliphatic hydroxyl groups is 2. The molecule has 0 amide bonds.